The van der Waals surface area contributed by atoms with Crippen molar-refractivity contribution in [2.45, 2.75) is 78.0 Å². The van der Waals surface area contributed by atoms with Gasteiger partial charge in [-0.25, -0.2) is 4.79 Å². The first-order valence-electron chi connectivity index (χ1n) is 10.0. The van der Waals surface area contributed by atoms with Crippen LogP contribution in [0.2, 0.25) is 0 Å². The Morgan fingerprint density at radius 3 is 1.53 bits per heavy atom. The molecule has 0 aliphatic carbocycles. The van der Waals surface area contributed by atoms with E-state index in [0.717, 1.165) is 0 Å². The number of carbonyl (C=O) groups is 5. The van der Waals surface area contributed by atoms with Crippen molar-refractivity contribution in [2.24, 2.45) is 23.3 Å². The second-order valence-corrected chi connectivity index (χ2v) is 7.60. The van der Waals surface area contributed by atoms with Gasteiger partial charge in [0.15, 0.2) is 0 Å². The highest BCUT2D eigenvalue weighted by molar-refractivity contribution is 5.95. The van der Waals surface area contributed by atoms with Crippen LogP contribution in [0.5, 0.6) is 0 Å². The van der Waals surface area contributed by atoms with Crippen LogP contribution in [0.25, 0.3) is 0 Å². The van der Waals surface area contributed by atoms with E-state index in [-0.39, 0.29) is 11.8 Å². The highest BCUT2D eigenvalue weighted by Gasteiger charge is 2.34. The number of rotatable bonds is 13. The van der Waals surface area contributed by atoms with E-state index < -0.39 is 60.2 Å². The summed E-state index contributed by atoms with van der Waals surface area (Å²) in [5.74, 6) is -4.74. The summed E-state index contributed by atoms with van der Waals surface area (Å²) < 4.78 is 0. The smallest absolute Gasteiger partial charge is 0.326 e. The molecule has 8 N–H and O–H groups in total. The minimum absolute atomic E-state index is 0.241. The Balaban J connectivity index is 5.57. The highest BCUT2D eigenvalue weighted by atomic mass is 16.4. The van der Waals surface area contributed by atoms with Gasteiger partial charge in [-0.15, -0.1) is 0 Å². The van der Waals surface area contributed by atoms with Crippen molar-refractivity contribution in [3.63, 3.8) is 0 Å². The third kappa shape index (κ3) is 8.76. The van der Waals surface area contributed by atoms with Gasteiger partial charge in [0.05, 0.1) is 12.5 Å². The Labute approximate surface area is 176 Å². The normalized spacial score (nSPS) is 16.9. The Bertz CT molecular complexity index is 639. The zero-order valence-electron chi connectivity index (χ0n) is 18.2. The van der Waals surface area contributed by atoms with E-state index in [0.29, 0.717) is 12.8 Å². The van der Waals surface area contributed by atoms with Gasteiger partial charge in [-0.1, -0.05) is 40.5 Å². The standard InChI is InChI=1S/C19H35N5O6/c1-6-9(3)14(17(27)22-12(19(29)30)8-13(21)25)24-18(28)15(10(4)7-2)23-16(26)11(5)20/h9-12,14-15H,6-8,20H2,1-5H3,(H2,21,25)(H,22,27)(H,23,26)(H,24,28)(H,29,30). The van der Waals surface area contributed by atoms with Gasteiger partial charge in [0.2, 0.25) is 23.6 Å². The molecule has 6 unspecified atom stereocenters. The fourth-order valence-corrected chi connectivity index (χ4v) is 2.59. The summed E-state index contributed by atoms with van der Waals surface area (Å²) in [5.41, 5.74) is 10.6. The zero-order chi connectivity index (χ0) is 23.6. The van der Waals surface area contributed by atoms with E-state index >= 15 is 0 Å². The van der Waals surface area contributed by atoms with Crippen LogP contribution in [0.15, 0.2) is 0 Å². The van der Waals surface area contributed by atoms with Crippen LogP contribution in [0.1, 0.15) is 53.9 Å². The number of hydrogen-bond acceptors (Lipinski definition) is 6. The number of carbonyl (C=O) groups excluding carboxylic acids is 4. The lowest BCUT2D eigenvalue weighted by Crippen LogP contribution is -2.60. The van der Waals surface area contributed by atoms with E-state index in [2.05, 4.69) is 16.0 Å². The third-order valence-electron chi connectivity index (χ3n) is 5.02. The molecule has 11 nitrogen and oxygen atoms in total. The van der Waals surface area contributed by atoms with Crippen LogP contribution < -0.4 is 27.4 Å². The molecule has 0 aliphatic heterocycles. The Kier molecular flexibility index (Phi) is 11.6. The molecule has 30 heavy (non-hydrogen) atoms. The molecule has 4 amide bonds. The molecule has 0 aliphatic rings. The minimum atomic E-state index is -1.51. The average Bonchev–Trinajstić information content (AvgIpc) is 2.67. The SMILES string of the molecule is CCC(C)C(NC(=O)C(C)N)C(=O)NC(C(=O)NC(CC(N)=O)C(=O)O)C(C)CC. The van der Waals surface area contributed by atoms with Crippen LogP contribution in [-0.2, 0) is 24.0 Å². The molecular weight excluding hydrogens is 394 g/mol. The van der Waals surface area contributed by atoms with Crippen molar-refractivity contribution in [2.75, 3.05) is 0 Å². The molecule has 0 bridgehead atoms. The van der Waals surface area contributed by atoms with Crippen molar-refractivity contribution in [3.8, 4) is 0 Å². The van der Waals surface area contributed by atoms with Crippen LogP contribution in [0.3, 0.4) is 0 Å². The molecule has 0 radical (unpaired) electrons. The second kappa shape index (κ2) is 12.8. The molecule has 0 aromatic rings. The summed E-state index contributed by atoms with van der Waals surface area (Å²) in [5, 5.41) is 16.7. The van der Waals surface area contributed by atoms with Crippen LogP contribution >= 0.6 is 0 Å². The van der Waals surface area contributed by atoms with Crippen molar-refractivity contribution in [1.82, 2.24) is 16.0 Å². The molecule has 0 rings (SSSR count). The maximum absolute atomic E-state index is 12.9. The summed E-state index contributed by atoms with van der Waals surface area (Å²) in [4.78, 5) is 60.0. The Hall–Kier alpha value is -2.69. The lowest BCUT2D eigenvalue weighted by Gasteiger charge is -2.29. The van der Waals surface area contributed by atoms with Crippen molar-refractivity contribution in [1.29, 1.82) is 0 Å². The molecule has 0 saturated carbocycles. The summed E-state index contributed by atoms with van der Waals surface area (Å²) >= 11 is 0. The quantitative estimate of drug-likeness (QED) is 0.212. The molecule has 0 fully saturated rings. The number of amides is 4. The lowest BCUT2D eigenvalue weighted by molar-refractivity contribution is -0.144. The summed E-state index contributed by atoms with van der Waals surface area (Å²) in [6, 6.07) is -4.32. The van der Waals surface area contributed by atoms with E-state index in [4.69, 9.17) is 11.5 Å². The van der Waals surface area contributed by atoms with Gasteiger partial charge in [0.25, 0.3) is 0 Å². The maximum Gasteiger partial charge on any atom is 0.326 e. The van der Waals surface area contributed by atoms with Gasteiger partial charge in [-0.05, 0) is 18.8 Å². The van der Waals surface area contributed by atoms with Gasteiger partial charge in [-0.3, -0.25) is 19.2 Å². The summed E-state index contributed by atoms with van der Waals surface area (Å²) in [6.45, 7) is 8.63. The molecule has 0 aromatic carbocycles. The topological polar surface area (TPSA) is 194 Å². The largest absolute Gasteiger partial charge is 0.480 e. The minimum Gasteiger partial charge on any atom is -0.480 e. The number of nitrogens with two attached hydrogens (primary N) is 2. The monoisotopic (exact) mass is 429 g/mol. The number of primary amides is 1. The molecule has 6 atom stereocenters. The summed E-state index contributed by atoms with van der Waals surface area (Å²) in [6.07, 6.45) is 0.505. The van der Waals surface area contributed by atoms with Crippen LogP contribution in [0, 0.1) is 11.8 Å². The molecule has 172 valence electrons. The number of hydrogen-bond donors (Lipinski definition) is 6. The van der Waals surface area contributed by atoms with Crippen LogP contribution in [-0.4, -0.2) is 58.9 Å². The zero-order valence-corrected chi connectivity index (χ0v) is 18.2. The Morgan fingerprint density at radius 2 is 1.20 bits per heavy atom. The van der Waals surface area contributed by atoms with Gasteiger partial charge in [-0.2, -0.15) is 0 Å². The number of carboxylic acids is 1. The third-order valence-corrected chi connectivity index (χ3v) is 5.02. The molecule has 0 saturated heterocycles. The lowest BCUT2D eigenvalue weighted by atomic mass is 9.94. The predicted octanol–water partition coefficient (Wildman–Crippen LogP) is -1.16. The molecule has 11 heteroatoms. The molecule has 0 spiro atoms. The average molecular weight is 430 g/mol. The van der Waals surface area contributed by atoms with Crippen molar-refractivity contribution in [3.05, 3.63) is 0 Å². The first kappa shape index (κ1) is 27.3. The van der Waals surface area contributed by atoms with Crippen LogP contribution in [0.4, 0.5) is 0 Å². The number of carboxylic acid groups (broad SMARTS) is 1. The van der Waals surface area contributed by atoms with Gasteiger partial charge < -0.3 is 32.5 Å². The first-order chi connectivity index (χ1) is 13.8. The van der Waals surface area contributed by atoms with E-state index in [1.165, 1.54) is 6.92 Å². The maximum atomic E-state index is 12.9. The second-order valence-electron chi connectivity index (χ2n) is 7.60. The van der Waals surface area contributed by atoms with Crippen molar-refractivity contribution >= 4 is 29.6 Å². The van der Waals surface area contributed by atoms with Gasteiger partial charge >= 0.3 is 5.97 Å². The molecule has 0 heterocycles. The highest BCUT2D eigenvalue weighted by Crippen LogP contribution is 2.13. The van der Waals surface area contributed by atoms with E-state index in [9.17, 15) is 29.1 Å². The van der Waals surface area contributed by atoms with Crippen molar-refractivity contribution < 1.29 is 29.1 Å². The Morgan fingerprint density at radius 1 is 0.800 bits per heavy atom. The number of aliphatic carboxylic acids is 1. The fraction of sp³-hybridized carbons (Fsp3) is 0.737. The molecule has 0 aromatic heterocycles. The number of nitrogens with one attached hydrogen (secondary N) is 3. The summed E-state index contributed by atoms with van der Waals surface area (Å²) in [7, 11) is 0. The van der Waals surface area contributed by atoms with Gasteiger partial charge in [0.1, 0.15) is 18.1 Å². The van der Waals surface area contributed by atoms with Gasteiger partial charge in [0, 0.05) is 0 Å². The predicted molar refractivity (Wildman–Crippen MR) is 110 cm³/mol. The fourth-order valence-electron chi connectivity index (χ4n) is 2.59. The molecular formula is C19H35N5O6. The van der Waals surface area contributed by atoms with E-state index in [1.54, 1.807) is 20.8 Å². The first-order valence-corrected chi connectivity index (χ1v) is 10.0. The van der Waals surface area contributed by atoms with E-state index in [1.807, 2.05) is 6.92 Å².